The third-order valence-corrected chi connectivity index (χ3v) is 9.28. The van der Waals surface area contributed by atoms with Crippen molar-refractivity contribution in [3.8, 4) is 0 Å². The lowest BCUT2D eigenvalue weighted by Gasteiger charge is -2.33. The van der Waals surface area contributed by atoms with Gasteiger partial charge in [-0.25, -0.2) is 4.98 Å². The highest BCUT2D eigenvalue weighted by Crippen LogP contribution is 2.45. The van der Waals surface area contributed by atoms with E-state index in [1.807, 2.05) is 39.2 Å². The standard InChI is InChI=1S/C31H48N2O6S/c1-20-10-9-13-31(6)26(39-31)17-25(21(2)16-23-18-40-19-33-23)38-27(35)12-14-30(4,5)29(37)24(28(20)36)11-7-8-15-32-22(3)34/h16,18-20,24-26,28,36H,7-15,17H2,1-6H3,(H,32,34)/b21-16+/t20-,24+,25-,26-,28-,31+/m0/s1. The maximum atomic E-state index is 13.8. The highest BCUT2D eigenvalue weighted by molar-refractivity contribution is 7.07. The summed E-state index contributed by atoms with van der Waals surface area (Å²) in [6, 6.07) is 0. The first-order valence-electron chi connectivity index (χ1n) is 14.7. The number of carbonyl (C=O) groups is 3. The average molecular weight is 577 g/mol. The minimum atomic E-state index is -0.793. The number of ketones is 1. The fourth-order valence-electron chi connectivity index (χ4n) is 5.76. The predicted molar refractivity (Wildman–Crippen MR) is 157 cm³/mol. The summed E-state index contributed by atoms with van der Waals surface area (Å²) in [5.41, 5.74) is 2.46. The van der Waals surface area contributed by atoms with Crippen LogP contribution in [0.4, 0.5) is 0 Å². The van der Waals surface area contributed by atoms with E-state index < -0.39 is 23.5 Å². The Morgan fingerprint density at radius 3 is 2.65 bits per heavy atom. The first-order valence-corrected chi connectivity index (χ1v) is 15.7. The number of epoxide rings is 1. The lowest BCUT2D eigenvalue weighted by atomic mass is 9.72. The van der Waals surface area contributed by atoms with Gasteiger partial charge in [0.1, 0.15) is 11.9 Å². The van der Waals surface area contributed by atoms with Gasteiger partial charge in [-0.3, -0.25) is 14.4 Å². The van der Waals surface area contributed by atoms with Crippen LogP contribution < -0.4 is 5.32 Å². The van der Waals surface area contributed by atoms with Crippen LogP contribution in [0.2, 0.25) is 0 Å². The van der Waals surface area contributed by atoms with Crippen molar-refractivity contribution in [1.82, 2.24) is 10.3 Å². The van der Waals surface area contributed by atoms with Crippen LogP contribution in [0.25, 0.3) is 6.08 Å². The van der Waals surface area contributed by atoms with E-state index in [1.54, 1.807) is 5.51 Å². The van der Waals surface area contributed by atoms with Crippen LogP contribution in [0.15, 0.2) is 16.5 Å². The number of thiazole rings is 1. The quantitative estimate of drug-likeness (QED) is 0.251. The van der Waals surface area contributed by atoms with E-state index in [0.29, 0.717) is 25.8 Å². The van der Waals surface area contributed by atoms with Crippen LogP contribution in [-0.2, 0) is 23.9 Å². The summed E-state index contributed by atoms with van der Waals surface area (Å²) < 4.78 is 12.1. The van der Waals surface area contributed by atoms with E-state index in [0.717, 1.165) is 43.4 Å². The second kappa shape index (κ2) is 14.2. The van der Waals surface area contributed by atoms with Gasteiger partial charge in [0.15, 0.2) is 0 Å². The number of Topliss-reactive ketones (excluding diaryl/α,β-unsaturated/α-hetero) is 1. The van der Waals surface area contributed by atoms with Gasteiger partial charge in [0.2, 0.25) is 5.91 Å². The Kier molecular flexibility index (Phi) is 11.5. The molecule has 0 aliphatic carbocycles. The maximum Gasteiger partial charge on any atom is 0.306 e. The molecule has 2 N–H and O–H groups in total. The van der Waals surface area contributed by atoms with Crippen molar-refractivity contribution < 1.29 is 29.0 Å². The van der Waals surface area contributed by atoms with Gasteiger partial charge >= 0.3 is 5.97 Å². The summed E-state index contributed by atoms with van der Waals surface area (Å²) in [6.07, 6.45) is 6.30. The van der Waals surface area contributed by atoms with Crippen LogP contribution >= 0.6 is 11.3 Å². The number of fused-ring (bicyclic) bond motifs is 1. The summed E-state index contributed by atoms with van der Waals surface area (Å²) in [5, 5.41) is 16.1. The van der Waals surface area contributed by atoms with Gasteiger partial charge in [-0.15, -0.1) is 11.3 Å². The van der Waals surface area contributed by atoms with E-state index in [1.165, 1.54) is 18.3 Å². The molecule has 0 saturated carbocycles. The van der Waals surface area contributed by atoms with Crippen molar-refractivity contribution in [2.45, 2.75) is 123 Å². The smallest absolute Gasteiger partial charge is 0.306 e. The second-order valence-electron chi connectivity index (χ2n) is 12.6. The zero-order valence-corrected chi connectivity index (χ0v) is 25.9. The first kappa shape index (κ1) is 32.4. The average Bonchev–Trinajstić information content (AvgIpc) is 3.24. The van der Waals surface area contributed by atoms with E-state index in [4.69, 9.17) is 9.47 Å². The Labute approximate surface area is 243 Å². The van der Waals surface area contributed by atoms with Crippen molar-refractivity contribution in [2.75, 3.05) is 6.54 Å². The Morgan fingerprint density at radius 2 is 1.98 bits per heavy atom. The summed E-state index contributed by atoms with van der Waals surface area (Å²) in [4.78, 5) is 42.5. The second-order valence-corrected chi connectivity index (χ2v) is 13.3. The lowest BCUT2D eigenvalue weighted by molar-refractivity contribution is -0.149. The van der Waals surface area contributed by atoms with Crippen LogP contribution in [0.1, 0.15) is 105 Å². The zero-order chi connectivity index (χ0) is 29.5. The van der Waals surface area contributed by atoms with Crippen molar-refractivity contribution in [3.05, 3.63) is 22.2 Å². The molecule has 1 aromatic heterocycles. The third kappa shape index (κ3) is 9.21. The Balaban J connectivity index is 1.77. The van der Waals surface area contributed by atoms with Gasteiger partial charge in [-0.2, -0.15) is 0 Å². The number of rotatable bonds is 7. The number of esters is 1. The molecule has 0 bridgehead atoms. The number of nitrogens with one attached hydrogen (secondary N) is 1. The fraction of sp³-hybridized carbons (Fsp3) is 0.742. The third-order valence-electron chi connectivity index (χ3n) is 8.67. The number of carbonyl (C=O) groups excluding carboxylic acids is 3. The molecule has 0 radical (unpaired) electrons. The number of cyclic esters (lactones) is 1. The molecule has 1 amide bonds. The van der Waals surface area contributed by atoms with E-state index in [2.05, 4.69) is 17.2 Å². The topological polar surface area (TPSA) is 118 Å². The lowest BCUT2D eigenvalue weighted by Crippen LogP contribution is -2.41. The van der Waals surface area contributed by atoms with E-state index >= 15 is 0 Å². The largest absolute Gasteiger partial charge is 0.458 e. The monoisotopic (exact) mass is 576 g/mol. The van der Waals surface area contributed by atoms with Crippen LogP contribution in [0.3, 0.4) is 0 Å². The van der Waals surface area contributed by atoms with Gasteiger partial charge < -0.3 is 19.9 Å². The molecule has 40 heavy (non-hydrogen) atoms. The molecular weight excluding hydrogens is 528 g/mol. The molecule has 2 aliphatic rings. The van der Waals surface area contributed by atoms with Crippen LogP contribution in [0, 0.1) is 17.3 Å². The Bertz CT molecular complexity index is 1040. The van der Waals surface area contributed by atoms with Crippen LogP contribution in [0.5, 0.6) is 0 Å². The first-order chi connectivity index (χ1) is 18.8. The number of aliphatic hydroxyl groups is 1. The molecule has 2 aliphatic heterocycles. The number of ether oxygens (including phenoxy) is 2. The highest BCUT2D eigenvalue weighted by Gasteiger charge is 2.52. The molecule has 1 aromatic rings. The minimum absolute atomic E-state index is 0.00778. The molecule has 8 nitrogen and oxygen atoms in total. The summed E-state index contributed by atoms with van der Waals surface area (Å²) >= 11 is 1.52. The van der Waals surface area contributed by atoms with Crippen molar-refractivity contribution in [2.24, 2.45) is 17.3 Å². The van der Waals surface area contributed by atoms with Gasteiger partial charge in [0.25, 0.3) is 0 Å². The normalized spacial score (nSPS) is 32.2. The molecule has 9 heteroatoms. The van der Waals surface area contributed by atoms with Crippen molar-refractivity contribution >= 4 is 35.1 Å². The number of aromatic nitrogens is 1. The minimum Gasteiger partial charge on any atom is -0.458 e. The molecule has 6 atom stereocenters. The number of amides is 1. The highest BCUT2D eigenvalue weighted by atomic mass is 32.1. The molecule has 3 heterocycles. The molecule has 2 saturated heterocycles. The molecule has 0 aromatic carbocycles. The zero-order valence-electron chi connectivity index (χ0n) is 25.0. The van der Waals surface area contributed by atoms with E-state index in [9.17, 15) is 19.5 Å². The number of aliphatic hydroxyl groups excluding tert-OH is 1. The summed E-state index contributed by atoms with van der Waals surface area (Å²) in [7, 11) is 0. The van der Waals surface area contributed by atoms with Gasteiger partial charge in [0, 0.05) is 43.0 Å². The fourth-order valence-corrected chi connectivity index (χ4v) is 6.27. The van der Waals surface area contributed by atoms with Crippen LogP contribution in [-0.4, -0.2) is 58.2 Å². The number of hydrogen-bond acceptors (Lipinski definition) is 8. The molecule has 0 unspecified atom stereocenters. The van der Waals surface area contributed by atoms with Crippen molar-refractivity contribution in [3.63, 3.8) is 0 Å². The SMILES string of the molecule is CC(=O)NCCCC[C@H]1C(=O)C(C)(C)CCC(=O)O[C@H](/C(C)=C/c2cscn2)C[C@@H]2O[C@]2(C)CCC[C@H](C)[C@@H]1O. The van der Waals surface area contributed by atoms with Crippen molar-refractivity contribution in [1.29, 1.82) is 0 Å². The Hall–Kier alpha value is -2.10. The molecular formula is C31H48N2O6S. The van der Waals surface area contributed by atoms with Gasteiger partial charge in [-0.1, -0.05) is 33.6 Å². The number of nitrogens with zero attached hydrogens (tertiary/aromatic N) is 1. The maximum absolute atomic E-state index is 13.8. The molecule has 2 fully saturated rings. The summed E-state index contributed by atoms with van der Waals surface area (Å²) in [5.74, 6) is -1.00. The predicted octanol–water partition coefficient (Wildman–Crippen LogP) is 5.48. The van der Waals surface area contributed by atoms with Gasteiger partial charge in [0.05, 0.1) is 29.0 Å². The summed E-state index contributed by atoms with van der Waals surface area (Å²) in [6.45, 7) is 11.8. The molecule has 0 spiro atoms. The van der Waals surface area contributed by atoms with Gasteiger partial charge in [-0.05, 0) is 63.5 Å². The number of unbranched alkanes of at least 4 members (excludes halogenated alkanes) is 1. The number of hydrogen-bond donors (Lipinski definition) is 2. The Morgan fingerprint density at radius 1 is 1.23 bits per heavy atom. The van der Waals surface area contributed by atoms with E-state index in [-0.39, 0.29) is 41.7 Å². The molecule has 3 rings (SSSR count). The molecule has 224 valence electrons.